The highest BCUT2D eigenvalue weighted by molar-refractivity contribution is 8.00. The molecule has 0 amide bonds. The van der Waals surface area contributed by atoms with Crippen molar-refractivity contribution in [3.8, 4) is 0 Å². The van der Waals surface area contributed by atoms with Gasteiger partial charge in [-0.1, -0.05) is 67.2 Å². The number of nitrogens with zero attached hydrogens (tertiary/aromatic N) is 1. The van der Waals surface area contributed by atoms with Gasteiger partial charge in [0, 0.05) is 4.75 Å². The summed E-state index contributed by atoms with van der Waals surface area (Å²) in [6.45, 7) is 6.14. The van der Waals surface area contributed by atoms with Crippen molar-refractivity contribution in [3.05, 3.63) is 20.4 Å². The fourth-order valence-electron chi connectivity index (χ4n) is 0.864. The minimum Gasteiger partial charge on any atom is -0.221 e. The van der Waals surface area contributed by atoms with Gasteiger partial charge in [0.1, 0.15) is 0 Å². The summed E-state index contributed by atoms with van der Waals surface area (Å²) >= 11 is 25.2. The van der Waals surface area contributed by atoms with Crippen LogP contribution in [0.25, 0.3) is 0 Å². The van der Waals surface area contributed by atoms with Crippen molar-refractivity contribution in [2.24, 2.45) is 0 Å². The highest BCUT2D eigenvalue weighted by Crippen LogP contribution is 2.45. The molecular formula is C9H9Cl4NS. The third-order valence-corrected chi connectivity index (χ3v) is 4.29. The molecule has 0 aliphatic rings. The van der Waals surface area contributed by atoms with Crippen LogP contribution in [0.5, 0.6) is 0 Å². The van der Waals surface area contributed by atoms with Gasteiger partial charge in [-0.3, -0.25) is 0 Å². The highest BCUT2D eigenvalue weighted by Gasteiger charge is 2.21. The van der Waals surface area contributed by atoms with Crippen molar-refractivity contribution in [3.63, 3.8) is 0 Å². The van der Waals surface area contributed by atoms with Crippen LogP contribution in [-0.4, -0.2) is 9.73 Å². The zero-order valence-corrected chi connectivity index (χ0v) is 12.2. The van der Waals surface area contributed by atoms with Crippen molar-refractivity contribution >= 4 is 58.2 Å². The maximum Gasteiger partial charge on any atom is 0.150 e. The molecule has 84 valence electrons. The molecule has 0 unspecified atom stereocenters. The Morgan fingerprint density at radius 3 is 1.67 bits per heavy atom. The third-order valence-electron chi connectivity index (χ3n) is 1.37. The molecule has 1 nitrogen and oxygen atoms in total. The summed E-state index contributed by atoms with van der Waals surface area (Å²) in [7, 11) is 0. The van der Waals surface area contributed by atoms with E-state index in [1.165, 1.54) is 11.8 Å². The minimum absolute atomic E-state index is 0.0265. The third kappa shape index (κ3) is 3.57. The largest absolute Gasteiger partial charge is 0.221 e. The van der Waals surface area contributed by atoms with Gasteiger partial charge in [0.15, 0.2) is 10.3 Å². The zero-order chi connectivity index (χ0) is 11.8. The van der Waals surface area contributed by atoms with Crippen LogP contribution in [0.3, 0.4) is 0 Å². The smallest absolute Gasteiger partial charge is 0.150 e. The first kappa shape index (κ1) is 13.7. The molecule has 0 aliphatic carbocycles. The van der Waals surface area contributed by atoms with E-state index in [4.69, 9.17) is 46.4 Å². The summed E-state index contributed by atoms with van der Waals surface area (Å²) in [5.74, 6) is 0. The van der Waals surface area contributed by atoms with Crippen LogP contribution in [-0.2, 0) is 0 Å². The van der Waals surface area contributed by atoms with Gasteiger partial charge in [0.2, 0.25) is 0 Å². The predicted molar refractivity (Wildman–Crippen MR) is 69.9 cm³/mol. The topological polar surface area (TPSA) is 12.9 Å². The second kappa shape index (κ2) is 4.89. The van der Waals surface area contributed by atoms with Crippen molar-refractivity contribution < 1.29 is 0 Å². The first-order valence-corrected chi connectivity index (χ1v) is 6.44. The highest BCUT2D eigenvalue weighted by atomic mass is 35.5. The van der Waals surface area contributed by atoms with E-state index in [1.54, 1.807) is 0 Å². The van der Waals surface area contributed by atoms with E-state index < -0.39 is 0 Å². The van der Waals surface area contributed by atoms with E-state index in [0.717, 1.165) is 0 Å². The van der Waals surface area contributed by atoms with Crippen LogP contribution in [0.4, 0.5) is 0 Å². The molecule has 0 spiro atoms. The Morgan fingerprint density at radius 1 is 0.933 bits per heavy atom. The van der Waals surface area contributed by atoms with Gasteiger partial charge in [-0.05, 0) is 0 Å². The van der Waals surface area contributed by atoms with Crippen molar-refractivity contribution in [2.45, 2.75) is 30.4 Å². The summed E-state index contributed by atoms with van der Waals surface area (Å²) in [4.78, 5) is 4.49. The van der Waals surface area contributed by atoms with Gasteiger partial charge in [-0.15, -0.1) is 11.8 Å². The quantitative estimate of drug-likeness (QED) is 0.496. The number of aromatic nitrogens is 1. The van der Waals surface area contributed by atoms with E-state index in [2.05, 4.69) is 4.98 Å². The van der Waals surface area contributed by atoms with Gasteiger partial charge in [0.25, 0.3) is 0 Å². The molecule has 0 radical (unpaired) electrons. The van der Waals surface area contributed by atoms with Crippen LogP contribution < -0.4 is 0 Å². The lowest BCUT2D eigenvalue weighted by Gasteiger charge is -2.19. The molecule has 0 aliphatic heterocycles. The number of hydrogen-bond donors (Lipinski definition) is 0. The lowest BCUT2D eigenvalue weighted by Crippen LogP contribution is -2.07. The molecule has 1 rings (SSSR count). The standard InChI is InChI=1S/C9H9Cl4NS/c1-9(2,3)15-6-4(10)7(12)14-8(13)5(6)11/h1-3H3. The fourth-order valence-corrected chi connectivity index (χ4v) is 2.92. The number of thioether (sulfide) groups is 1. The molecule has 1 aromatic heterocycles. The Hall–Kier alpha value is 0.660. The molecule has 0 atom stereocenters. The predicted octanol–water partition coefficient (Wildman–Crippen LogP) is 5.59. The second-order valence-electron chi connectivity index (χ2n) is 3.86. The molecule has 0 bridgehead atoms. The molecule has 15 heavy (non-hydrogen) atoms. The molecule has 0 fully saturated rings. The first-order valence-electron chi connectivity index (χ1n) is 4.11. The molecule has 0 aromatic carbocycles. The van der Waals surface area contributed by atoms with E-state index in [-0.39, 0.29) is 15.1 Å². The monoisotopic (exact) mass is 303 g/mol. The van der Waals surface area contributed by atoms with Crippen LogP contribution in [0.2, 0.25) is 20.4 Å². The second-order valence-corrected chi connectivity index (χ2v) is 7.17. The molecular weight excluding hydrogens is 296 g/mol. The van der Waals surface area contributed by atoms with Gasteiger partial charge in [-0.2, -0.15) is 0 Å². The Balaban J connectivity index is 3.27. The first-order chi connectivity index (χ1) is 6.72. The van der Waals surface area contributed by atoms with Gasteiger partial charge < -0.3 is 0 Å². The molecule has 6 heteroatoms. The van der Waals surface area contributed by atoms with Crippen LogP contribution in [0.15, 0.2) is 4.90 Å². The van der Waals surface area contributed by atoms with Crippen LogP contribution >= 0.6 is 58.2 Å². The number of hydrogen-bond acceptors (Lipinski definition) is 2. The fraction of sp³-hybridized carbons (Fsp3) is 0.444. The van der Waals surface area contributed by atoms with Crippen molar-refractivity contribution in [1.29, 1.82) is 0 Å². The maximum absolute atomic E-state index is 6.02. The minimum atomic E-state index is -0.0265. The SMILES string of the molecule is CC(C)(C)Sc1c(Cl)c(Cl)nc(Cl)c1Cl. The van der Waals surface area contributed by atoms with Crippen molar-refractivity contribution in [2.75, 3.05) is 0 Å². The van der Waals surface area contributed by atoms with E-state index in [9.17, 15) is 0 Å². The summed E-state index contributed by atoms with van der Waals surface area (Å²) in [6, 6.07) is 0. The summed E-state index contributed by atoms with van der Waals surface area (Å²) in [6.07, 6.45) is 0. The average molecular weight is 305 g/mol. The Kier molecular flexibility index (Phi) is 4.47. The lowest BCUT2D eigenvalue weighted by atomic mass is 10.3. The lowest BCUT2D eigenvalue weighted by molar-refractivity contribution is 0.802. The van der Waals surface area contributed by atoms with Crippen LogP contribution in [0, 0.1) is 0 Å². The average Bonchev–Trinajstić information content (AvgIpc) is 2.08. The number of halogens is 4. The normalized spacial score (nSPS) is 11.9. The Bertz CT molecular complexity index is 360. The molecule has 0 saturated carbocycles. The molecule has 1 heterocycles. The zero-order valence-electron chi connectivity index (χ0n) is 8.37. The summed E-state index contributed by atoms with van der Waals surface area (Å²) < 4.78 is -0.0265. The molecule has 1 aromatic rings. The Morgan fingerprint density at radius 2 is 1.33 bits per heavy atom. The number of pyridine rings is 1. The van der Waals surface area contributed by atoms with Crippen LogP contribution in [0.1, 0.15) is 20.8 Å². The molecule has 0 saturated heterocycles. The summed E-state index contributed by atoms with van der Waals surface area (Å²) in [5.41, 5.74) is 0. The number of rotatable bonds is 1. The maximum atomic E-state index is 6.02. The van der Waals surface area contributed by atoms with Gasteiger partial charge in [-0.25, -0.2) is 4.98 Å². The molecule has 0 N–H and O–H groups in total. The van der Waals surface area contributed by atoms with E-state index >= 15 is 0 Å². The summed E-state index contributed by atoms with van der Waals surface area (Å²) in [5, 5.41) is 1.06. The van der Waals surface area contributed by atoms with Gasteiger partial charge in [0.05, 0.1) is 14.9 Å². The van der Waals surface area contributed by atoms with Gasteiger partial charge >= 0.3 is 0 Å². The van der Waals surface area contributed by atoms with E-state index in [1.807, 2.05) is 20.8 Å². The van der Waals surface area contributed by atoms with E-state index in [0.29, 0.717) is 14.9 Å². The van der Waals surface area contributed by atoms with Crippen molar-refractivity contribution in [1.82, 2.24) is 4.98 Å². The Labute approximate surface area is 113 Å².